The van der Waals surface area contributed by atoms with Crippen LogP contribution in [0.1, 0.15) is 32.1 Å². The molecule has 122 valence electrons. The zero-order chi connectivity index (χ0) is 16.2. The predicted molar refractivity (Wildman–Crippen MR) is 74.7 cm³/mol. The number of carbonyl (C=O) groups excluding carboxylic acids is 1. The number of nitrogens with one attached hydrogen (secondary N) is 1. The van der Waals surface area contributed by atoms with Crippen LogP contribution in [-0.2, 0) is 4.79 Å². The second kappa shape index (κ2) is 6.56. The van der Waals surface area contributed by atoms with Crippen LogP contribution < -0.4 is 10.1 Å². The normalized spacial score (nSPS) is 17.3. The number of carbonyl (C=O) groups is 1. The number of anilines is 1. The van der Waals surface area contributed by atoms with Crippen LogP contribution in [0.2, 0.25) is 0 Å². The summed E-state index contributed by atoms with van der Waals surface area (Å²) in [5.41, 5.74) is -0.481. The van der Waals surface area contributed by atoms with Gasteiger partial charge in [0, 0.05) is 5.69 Å². The lowest BCUT2D eigenvalue weighted by Gasteiger charge is -2.21. The first-order valence-electron chi connectivity index (χ1n) is 7.08. The number of halogens is 3. The van der Waals surface area contributed by atoms with Gasteiger partial charge in [-0.25, -0.2) is 0 Å². The van der Waals surface area contributed by atoms with Gasteiger partial charge in [0.2, 0.25) is 5.91 Å². The average molecular weight is 317 g/mol. The molecule has 0 aromatic heterocycles. The molecule has 0 unspecified atom stereocenters. The number of hydrogen-bond acceptors (Lipinski definition) is 3. The maximum atomic E-state index is 12.0. The molecule has 1 aromatic rings. The van der Waals surface area contributed by atoms with Gasteiger partial charge in [-0.1, -0.05) is 12.8 Å². The molecule has 0 radical (unpaired) electrons. The van der Waals surface area contributed by atoms with E-state index in [0.717, 1.165) is 12.8 Å². The molecule has 0 aliphatic heterocycles. The Hall–Kier alpha value is -1.76. The van der Waals surface area contributed by atoms with Crippen molar-refractivity contribution in [1.82, 2.24) is 0 Å². The van der Waals surface area contributed by atoms with Crippen molar-refractivity contribution in [2.45, 2.75) is 43.9 Å². The Morgan fingerprint density at radius 3 is 2.36 bits per heavy atom. The zero-order valence-corrected chi connectivity index (χ0v) is 11.9. The van der Waals surface area contributed by atoms with E-state index < -0.39 is 18.4 Å². The van der Waals surface area contributed by atoms with Crippen LogP contribution in [0, 0.1) is 0 Å². The molecular weight excluding hydrogens is 299 g/mol. The van der Waals surface area contributed by atoms with Crippen molar-refractivity contribution in [3.05, 3.63) is 24.3 Å². The number of amides is 1. The number of benzene rings is 1. The second-order valence-corrected chi connectivity index (χ2v) is 5.58. The van der Waals surface area contributed by atoms with Crippen LogP contribution in [0.3, 0.4) is 0 Å². The third-order valence-corrected chi connectivity index (χ3v) is 3.56. The van der Waals surface area contributed by atoms with Gasteiger partial charge in [-0.3, -0.25) is 4.79 Å². The number of rotatable bonds is 5. The minimum atomic E-state index is -4.39. The van der Waals surface area contributed by atoms with Gasteiger partial charge in [-0.15, -0.1) is 0 Å². The summed E-state index contributed by atoms with van der Waals surface area (Å²) in [7, 11) is 0. The lowest BCUT2D eigenvalue weighted by Crippen LogP contribution is -2.30. The number of alkyl halides is 3. The quantitative estimate of drug-likeness (QED) is 0.876. The fourth-order valence-corrected chi connectivity index (χ4v) is 2.51. The van der Waals surface area contributed by atoms with Gasteiger partial charge in [-0.2, -0.15) is 13.2 Å². The summed E-state index contributed by atoms with van der Waals surface area (Å²) in [4.78, 5) is 11.9. The highest BCUT2D eigenvalue weighted by Gasteiger charge is 2.33. The van der Waals surface area contributed by atoms with Crippen molar-refractivity contribution in [1.29, 1.82) is 0 Å². The molecule has 4 nitrogen and oxygen atoms in total. The van der Waals surface area contributed by atoms with E-state index in [4.69, 9.17) is 0 Å². The summed E-state index contributed by atoms with van der Waals surface area (Å²) in [5.74, 6) is -0.238. The molecule has 0 atom stereocenters. The molecule has 0 heterocycles. The van der Waals surface area contributed by atoms with Crippen molar-refractivity contribution >= 4 is 11.6 Å². The molecule has 2 N–H and O–H groups in total. The van der Waals surface area contributed by atoms with Crippen LogP contribution in [0.25, 0.3) is 0 Å². The Labute approximate surface area is 126 Å². The molecule has 22 heavy (non-hydrogen) atoms. The first-order valence-corrected chi connectivity index (χ1v) is 7.08. The van der Waals surface area contributed by atoms with Gasteiger partial charge in [0.1, 0.15) is 5.75 Å². The highest BCUT2D eigenvalue weighted by atomic mass is 19.4. The van der Waals surface area contributed by atoms with Crippen LogP contribution in [0.4, 0.5) is 18.9 Å². The van der Waals surface area contributed by atoms with E-state index >= 15 is 0 Å². The number of aliphatic hydroxyl groups is 1. The third kappa shape index (κ3) is 5.22. The minimum absolute atomic E-state index is 0.0271. The van der Waals surface area contributed by atoms with Crippen molar-refractivity contribution in [2.24, 2.45) is 0 Å². The lowest BCUT2D eigenvalue weighted by atomic mass is 9.97. The van der Waals surface area contributed by atoms with E-state index in [1.54, 1.807) is 0 Å². The van der Waals surface area contributed by atoms with Crippen LogP contribution in [0.15, 0.2) is 24.3 Å². The van der Waals surface area contributed by atoms with Crippen LogP contribution in [0.5, 0.6) is 5.75 Å². The van der Waals surface area contributed by atoms with Gasteiger partial charge < -0.3 is 15.2 Å². The molecule has 7 heteroatoms. The monoisotopic (exact) mass is 317 g/mol. The fourth-order valence-electron chi connectivity index (χ4n) is 2.51. The predicted octanol–water partition coefficient (Wildman–Crippen LogP) is 3.26. The second-order valence-electron chi connectivity index (χ2n) is 5.58. The summed E-state index contributed by atoms with van der Waals surface area (Å²) in [6.45, 7) is -1.36. The Balaban J connectivity index is 1.84. The van der Waals surface area contributed by atoms with Gasteiger partial charge in [0.15, 0.2) is 6.61 Å². The topological polar surface area (TPSA) is 58.6 Å². The summed E-state index contributed by atoms with van der Waals surface area (Å²) in [6.07, 6.45) is -1.30. The SMILES string of the molecule is O=C(CC1(O)CCCC1)Nc1ccc(OCC(F)(F)F)cc1. The van der Waals surface area contributed by atoms with Crippen molar-refractivity contribution in [3.63, 3.8) is 0 Å². The molecule has 1 saturated carbocycles. The van der Waals surface area contributed by atoms with Crippen LogP contribution in [-0.4, -0.2) is 29.4 Å². The van der Waals surface area contributed by atoms with Gasteiger partial charge in [0.05, 0.1) is 12.0 Å². The van der Waals surface area contributed by atoms with Crippen LogP contribution >= 0.6 is 0 Å². The standard InChI is InChI=1S/C15H18F3NO3/c16-15(17,18)10-22-12-5-3-11(4-6-12)19-13(20)9-14(21)7-1-2-8-14/h3-6,21H,1-2,7-10H2,(H,19,20). The summed E-state index contributed by atoms with van der Waals surface area (Å²) < 4.78 is 40.6. The van der Waals surface area contributed by atoms with E-state index in [9.17, 15) is 23.1 Å². The Kier molecular flexibility index (Phi) is 4.95. The third-order valence-electron chi connectivity index (χ3n) is 3.56. The largest absolute Gasteiger partial charge is 0.484 e. The Morgan fingerprint density at radius 1 is 1.23 bits per heavy atom. The smallest absolute Gasteiger partial charge is 0.422 e. The van der Waals surface area contributed by atoms with Crippen molar-refractivity contribution < 1.29 is 27.8 Å². The maximum absolute atomic E-state index is 12.0. The average Bonchev–Trinajstić information content (AvgIpc) is 2.83. The summed E-state index contributed by atoms with van der Waals surface area (Å²) >= 11 is 0. The van der Waals surface area contributed by atoms with Crippen molar-refractivity contribution in [3.8, 4) is 5.75 Å². The maximum Gasteiger partial charge on any atom is 0.422 e. The zero-order valence-electron chi connectivity index (χ0n) is 11.9. The molecule has 1 aliphatic carbocycles. The molecule has 1 amide bonds. The van der Waals surface area contributed by atoms with Crippen molar-refractivity contribution in [2.75, 3.05) is 11.9 Å². The van der Waals surface area contributed by atoms with E-state index in [1.807, 2.05) is 0 Å². The minimum Gasteiger partial charge on any atom is -0.484 e. The Morgan fingerprint density at radius 2 is 1.82 bits per heavy atom. The molecule has 1 aliphatic rings. The molecule has 0 spiro atoms. The Bertz CT molecular complexity index is 508. The summed E-state index contributed by atoms with van der Waals surface area (Å²) in [5, 5.41) is 12.8. The fraction of sp³-hybridized carbons (Fsp3) is 0.533. The van der Waals surface area contributed by atoms with Gasteiger partial charge in [-0.05, 0) is 37.1 Å². The molecule has 0 bridgehead atoms. The van der Waals surface area contributed by atoms with E-state index in [-0.39, 0.29) is 18.1 Å². The first-order chi connectivity index (χ1) is 10.3. The molecule has 0 saturated heterocycles. The molecular formula is C15H18F3NO3. The first kappa shape index (κ1) is 16.6. The highest BCUT2D eigenvalue weighted by molar-refractivity contribution is 5.91. The van der Waals surface area contributed by atoms with E-state index in [2.05, 4.69) is 10.1 Å². The van der Waals surface area contributed by atoms with E-state index in [1.165, 1.54) is 24.3 Å². The lowest BCUT2D eigenvalue weighted by molar-refractivity contribution is -0.153. The molecule has 1 aromatic carbocycles. The van der Waals surface area contributed by atoms with E-state index in [0.29, 0.717) is 18.5 Å². The van der Waals surface area contributed by atoms with Gasteiger partial charge in [0.25, 0.3) is 0 Å². The molecule has 1 fully saturated rings. The highest BCUT2D eigenvalue weighted by Crippen LogP contribution is 2.32. The van der Waals surface area contributed by atoms with Gasteiger partial charge >= 0.3 is 6.18 Å². The summed E-state index contributed by atoms with van der Waals surface area (Å²) in [6, 6.07) is 5.63. The molecule has 2 rings (SSSR count). The number of ether oxygens (including phenoxy) is 1. The number of hydrogen-bond donors (Lipinski definition) is 2.